The number of ether oxygens (including phenoxy) is 2. The third-order valence-electron chi connectivity index (χ3n) is 11.5. The maximum absolute atomic E-state index is 12.6. The molecule has 0 aromatic heterocycles. The van der Waals surface area contributed by atoms with Crippen molar-refractivity contribution in [3.8, 4) is 0 Å². The first kappa shape index (κ1) is 45.8. The van der Waals surface area contributed by atoms with E-state index < -0.39 is 41.0 Å². The van der Waals surface area contributed by atoms with Gasteiger partial charge in [0, 0.05) is 15.4 Å². The zero-order valence-corrected chi connectivity index (χ0v) is 39.6. The number of nitrogens with two attached hydrogens (primary N) is 2. The molecule has 4 atom stereocenters. The number of hydrogen-bond acceptors (Lipinski definition) is 6. The van der Waals surface area contributed by atoms with Gasteiger partial charge in [0.15, 0.2) is 0 Å². The van der Waals surface area contributed by atoms with Crippen LogP contribution in [0, 0.1) is 3.57 Å². The fourth-order valence-electron chi connectivity index (χ4n) is 8.47. The van der Waals surface area contributed by atoms with Gasteiger partial charge in [-0.2, -0.15) is 0 Å². The molecule has 59 heavy (non-hydrogen) atoms. The average molecular weight is 943 g/mol. The molecule has 4 N–H and O–H groups in total. The van der Waals surface area contributed by atoms with Crippen LogP contribution in [0.1, 0.15) is 78.4 Å². The molecule has 0 saturated heterocycles. The zero-order valence-electron chi connectivity index (χ0n) is 35.5. The lowest BCUT2D eigenvalue weighted by Crippen LogP contribution is -2.67. The summed E-state index contributed by atoms with van der Waals surface area (Å²) in [6, 6.07) is 47.5. The monoisotopic (exact) mass is 942 g/mol. The molecular formula is C48H59IN2O6Si2. The molecule has 0 aliphatic heterocycles. The first-order valence-electron chi connectivity index (χ1n) is 20.1. The molecule has 8 nitrogen and oxygen atoms in total. The number of rotatable bonds is 16. The van der Waals surface area contributed by atoms with Crippen molar-refractivity contribution in [2.24, 2.45) is 11.5 Å². The molecule has 0 aliphatic rings. The van der Waals surface area contributed by atoms with Crippen molar-refractivity contribution < 1.29 is 27.9 Å². The topological polar surface area (TPSA) is 123 Å². The predicted molar refractivity (Wildman–Crippen MR) is 252 cm³/mol. The van der Waals surface area contributed by atoms with Gasteiger partial charge < -0.3 is 29.8 Å². The molecule has 11 heteroatoms. The Balaban J connectivity index is 1.51. The van der Waals surface area contributed by atoms with Gasteiger partial charge in [-0.3, -0.25) is 0 Å². The largest absolute Gasteiger partial charge is 0.443 e. The Bertz CT molecular complexity index is 1900. The predicted octanol–water partition coefficient (Wildman–Crippen LogP) is 8.58. The summed E-state index contributed by atoms with van der Waals surface area (Å²) in [5.41, 5.74) is 13.4. The van der Waals surface area contributed by atoms with E-state index >= 15 is 0 Å². The van der Waals surface area contributed by atoms with Crippen LogP contribution >= 0.6 is 22.6 Å². The Morgan fingerprint density at radius 1 is 0.508 bits per heavy atom. The van der Waals surface area contributed by atoms with Crippen LogP contribution in [-0.4, -0.2) is 54.2 Å². The van der Waals surface area contributed by atoms with E-state index in [2.05, 4.69) is 113 Å². The molecule has 0 bridgehead atoms. The SMILES string of the molecule is CC(c1cccc(C(C)C(CO[Si](c2ccccc2)(c2ccccc2)C(C)(C)C)OC(N)=O)c1I)C(CO[Si](c1ccccc1)(c1ccccc1)C(C)(C)C)OC(N)=O. The lowest BCUT2D eigenvalue weighted by atomic mass is 9.89. The third kappa shape index (κ3) is 10.0. The number of hydrogen-bond donors (Lipinski definition) is 2. The lowest BCUT2D eigenvalue weighted by molar-refractivity contribution is 0.0538. The highest BCUT2D eigenvalue weighted by Crippen LogP contribution is 2.40. The minimum absolute atomic E-state index is 0.118. The van der Waals surface area contributed by atoms with Crippen molar-refractivity contribution in [1.82, 2.24) is 0 Å². The molecular weight excluding hydrogens is 884 g/mol. The van der Waals surface area contributed by atoms with E-state index in [1.165, 1.54) is 0 Å². The van der Waals surface area contributed by atoms with Crippen LogP contribution < -0.4 is 32.2 Å². The van der Waals surface area contributed by atoms with Crippen molar-refractivity contribution in [2.45, 2.75) is 89.5 Å². The highest BCUT2D eigenvalue weighted by atomic mass is 127. The van der Waals surface area contributed by atoms with E-state index in [4.69, 9.17) is 29.8 Å². The quantitative estimate of drug-likeness (QED) is 0.0756. The number of carbonyl (C=O) groups is 2. The minimum Gasteiger partial charge on any atom is -0.443 e. The molecule has 5 aromatic rings. The summed E-state index contributed by atoms with van der Waals surface area (Å²) in [5.74, 6) is -0.660. The highest BCUT2D eigenvalue weighted by Gasteiger charge is 2.52. The molecule has 0 radical (unpaired) electrons. The second-order valence-corrected chi connectivity index (χ2v) is 26.9. The van der Waals surface area contributed by atoms with Crippen molar-refractivity contribution >= 4 is 72.2 Å². The molecule has 5 aromatic carbocycles. The summed E-state index contributed by atoms with van der Waals surface area (Å²) < 4.78 is 27.3. The Morgan fingerprint density at radius 2 is 0.780 bits per heavy atom. The van der Waals surface area contributed by atoms with Gasteiger partial charge in [0.2, 0.25) is 0 Å². The van der Waals surface area contributed by atoms with Gasteiger partial charge >= 0.3 is 12.2 Å². The number of amides is 2. The van der Waals surface area contributed by atoms with Gasteiger partial charge in [0.1, 0.15) is 12.2 Å². The van der Waals surface area contributed by atoms with Gasteiger partial charge in [-0.25, -0.2) is 9.59 Å². The molecule has 0 fully saturated rings. The maximum atomic E-state index is 12.6. The number of benzene rings is 5. The number of primary amides is 2. The van der Waals surface area contributed by atoms with Crippen LogP contribution in [0.5, 0.6) is 0 Å². The van der Waals surface area contributed by atoms with Crippen LogP contribution in [0.2, 0.25) is 10.1 Å². The average Bonchev–Trinajstić information content (AvgIpc) is 3.20. The van der Waals surface area contributed by atoms with E-state index in [9.17, 15) is 9.59 Å². The molecule has 4 unspecified atom stereocenters. The zero-order chi connectivity index (χ0) is 43.0. The van der Waals surface area contributed by atoms with Crippen molar-refractivity contribution in [3.05, 3.63) is 154 Å². The first-order chi connectivity index (χ1) is 27.9. The van der Waals surface area contributed by atoms with E-state index in [1.807, 2.05) is 105 Å². The summed E-state index contributed by atoms with van der Waals surface area (Å²) in [6.45, 7) is 17.6. The van der Waals surface area contributed by atoms with Gasteiger partial charge in [0.05, 0.1) is 13.2 Å². The third-order valence-corrected chi connectivity index (χ3v) is 22.7. The number of carbonyl (C=O) groups excluding carboxylic acids is 2. The van der Waals surface area contributed by atoms with Crippen LogP contribution in [0.15, 0.2) is 140 Å². The Morgan fingerprint density at radius 3 is 1.02 bits per heavy atom. The summed E-state index contributed by atoms with van der Waals surface area (Å²) in [6.07, 6.45) is -3.18. The molecule has 5 rings (SSSR count). The first-order valence-corrected chi connectivity index (χ1v) is 25.0. The Kier molecular flexibility index (Phi) is 15.1. The van der Waals surface area contributed by atoms with Crippen molar-refractivity contribution in [2.75, 3.05) is 13.2 Å². The fourth-order valence-corrected chi connectivity index (χ4v) is 19.0. The smallest absolute Gasteiger partial charge is 0.404 e. The van der Waals surface area contributed by atoms with E-state index in [-0.39, 0.29) is 35.1 Å². The summed E-state index contributed by atoms with van der Waals surface area (Å²) >= 11 is 2.35. The fraction of sp³-hybridized carbons (Fsp3) is 0.333. The number of halogens is 1. The Labute approximate surface area is 366 Å². The molecule has 0 heterocycles. The van der Waals surface area contributed by atoms with Gasteiger partial charge in [-0.1, -0.05) is 195 Å². The maximum Gasteiger partial charge on any atom is 0.404 e. The highest BCUT2D eigenvalue weighted by molar-refractivity contribution is 14.1. The van der Waals surface area contributed by atoms with Gasteiger partial charge in [0.25, 0.3) is 16.6 Å². The summed E-state index contributed by atoms with van der Waals surface area (Å²) in [7, 11) is -5.95. The van der Waals surface area contributed by atoms with Gasteiger partial charge in [-0.15, -0.1) is 0 Å². The Hall–Kier alpha value is -4.28. The second kappa shape index (κ2) is 19.4. The molecule has 312 valence electrons. The van der Waals surface area contributed by atoms with Crippen LogP contribution in [0.3, 0.4) is 0 Å². The summed E-state index contributed by atoms with van der Waals surface area (Å²) in [4.78, 5) is 25.1. The van der Waals surface area contributed by atoms with E-state index in [0.717, 1.165) is 35.4 Å². The van der Waals surface area contributed by atoms with Crippen LogP contribution in [0.25, 0.3) is 0 Å². The van der Waals surface area contributed by atoms with Crippen LogP contribution in [-0.2, 0) is 18.3 Å². The van der Waals surface area contributed by atoms with E-state index in [1.54, 1.807) is 0 Å². The van der Waals surface area contributed by atoms with Crippen molar-refractivity contribution in [1.29, 1.82) is 0 Å². The van der Waals surface area contributed by atoms with Crippen molar-refractivity contribution in [3.63, 3.8) is 0 Å². The summed E-state index contributed by atoms with van der Waals surface area (Å²) in [5, 5.41) is 3.91. The molecule has 0 aliphatic carbocycles. The van der Waals surface area contributed by atoms with Gasteiger partial charge in [-0.05, 0) is 64.5 Å². The normalized spacial score (nSPS) is 14.5. The van der Waals surface area contributed by atoms with E-state index in [0.29, 0.717) is 0 Å². The minimum atomic E-state index is -2.98. The second-order valence-electron chi connectivity index (χ2n) is 17.2. The molecule has 0 saturated carbocycles. The lowest BCUT2D eigenvalue weighted by Gasteiger charge is -2.44. The molecule has 2 amide bonds. The standard InChI is InChI=1S/C48H59IN2O6Si2/c1-34(42(56-45(50)52)32-54-58(47(3,4)5,36-22-13-9-14-23-36)37-24-15-10-16-25-37)40-30-21-31-41(44(40)49)35(2)43(57-46(51)53)33-55-59(48(6,7)8,38-26-17-11-18-27-38)39-28-19-12-20-29-39/h9-31,34-35,42-43H,32-33H2,1-8H3,(H2,50,52)(H2,51,53). The van der Waals surface area contributed by atoms with Crippen LogP contribution in [0.4, 0.5) is 9.59 Å². The molecule has 0 spiro atoms.